The Hall–Kier alpha value is -2.27. The SMILES string of the molecule is CCc1nnsc1C(=O)NC(C)c1ccc2ccccc2c1. The van der Waals surface area contributed by atoms with E-state index in [0.29, 0.717) is 11.3 Å². The smallest absolute Gasteiger partial charge is 0.265 e. The molecule has 112 valence electrons. The van der Waals surface area contributed by atoms with E-state index in [-0.39, 0.29) is 11.9 Å². The molecule has 0 aliphatic rings. The Balaban J connectivity index is 1.80. The van der Waals surface area contributed by atoms with Gasteiger partial charge in [0.25, 0.3) is 5.91 Å². The van der Waals surface area contributed by atoms with Crippen LogP contribution in [0.15, 0.2) is 42.5 Å². The molecule has 1 heterocycles. The number of rotatable bonds is 4. The lowest BCUT2D eigenvalue weighted by molar-refractivity contribution is 0.0943. The van der Waals surface area contributed by atoms with Gasteiger partial charge in [-0.1, -0.05) is 47.8 Å². The average Bonchev–Trinajstić information content (AvgIpc) is 3.03. The lowest BCUT2D eigenvalue weighted by atomic mass is 10.0. The summed E-state index contributed by atoms with van der Waals surface area (Å²) in [5.74, 6) is -0.104. The predicted octanol–water partition coefficient (Wildman–Crippen LogP) is 3.74. The molecule has 0 radical (unpaired) electrons. The van der Waals surface area contributed by atoms with Crippen LogP contribution in [0.1, 0.15) is 40.8 Å². The Morgan fingerprint density at radius 2 is 2.00 bits per heavy atom. The van der Waals surface area contributed by atoms with E-state index in [2.05, 4.69) is 45.2 Å². The van der Waals surface area contributed by atoms with Gasteiger partial charge in [-0.2, -0.15) is 0 Å². The molecule has 0 spiro atoms. The van der Waals surface area contributed by atoms with E-state index in [1.54, 1.807) is 0 Å². The number of aryl methyl sites for hydroxylation is 1. The fourth-order valence-corrected chi connectivity index (χ4v) is 3.09. The molecule has 3 aromatic rings. The van der Waals surface area contributed by atoms with E-state index in [1.807, 2.05) is 26.0 Å². The predicted molar refractivity (Wildman–Crippen MR) is 89.1 cm³/mol. The monoisotopic (exact) mass is 311 g/mol. The number of carbonyl (C=O) groups is 1. The van der Waals surface area contributed by atoms with Crippen molar-refractivity contribution in [1.29, 1.82) is 0 Å². The summed E-state index contributed by atoms with van der Waals surface area (Å²) in [6.45, 7) is 3.96. The summed E-state index contributed by atoms with van der Waals surface area (Å²) in [5, 5.41) is 9.39. The van der Waals surface area contributed by atoms with Crippen molar-refractivity contribution in [3.8, 4) is 0 Å². The highest BCUT2D eigenvalue weighted by molar-refractivity contribution is 7.08. The van der Waals surface area contributed by atoms with Gasteiger partial charge in [-0.15, -0.1) is 5.10 Å². The third-order valence-electron chi connectivity index (χ3n) is 3.72. The van der Waals surface area contributed by atoms with E-state index in [0.717, 1.165) is 22.8 Å². The Kier molecular flexibility index (Phi) is 4.15. The van der Waals surface area contributed by atoms with E-state index >= 15 is 0 Å². The average molecular weight is 311 g/mol. The standard InChI is InChI=1S/C17H17N3OS/c1-3-15-16(22-20-19-15)17(21)18-11(2)13-9-8-12-6-4-5-7-14(12)10-13/h4-11H,3H2,1-2H3,(H,18,21). The molecule has 2 aromatic carbocycles. The Bertz CT molecular complexity index is 812. The van der Waals surface area contributed by atoms with Crippen LogP contribution in [0.4, 0.5) is 0 Å². The summed E-state index contributed by atoms with van der Waals surface area (Å²) >= 11 is 1.15. The van der Waals surface area contributed by atoms with Crippen LogP contribution >= 0.6 is 11.5 Å². The van der Waals surface area contributed by atoms with Crippen molar-refractivity contribution in [1.82, 2.24) is 14.9 Å². The van der Waals surface area contributed by atoms with Crippen molar-refractivity contribution in [3.63, 3.8) is 0 Å². The summed E-state index contributed by atoms with van der Waals surface area (Å²) in [7, 11) is 0. The van der Waals surface area contributed by atoms with Crippen LogP contribution in [0.2, 0.25) is 0 Å². The van der Waals surface area contributed by atoms with Crippen LogP contribution in [-0.2, 0) is 6.42 Å². The van der Waals surface area contributed by atoms with Crippen molar-refractivity contribution >= 4 is 28.2 Å². The second-order valence-corrected chi connectivity index (χ2v) is 5.96. The number of nitrogens with zero attached hydrogens (tertiary/aromatic N) is 2. The molecule has 0 aliphatic carbocycles. The number of hydrogen-bond acceptors (Lipinski definition) is 4. The maximum atomic E-state index is 12.4. The highest BCUT2D eigenvalue weighted by Gasteiger charge is 2.17. The molecule has 0 fully saturated rings. The van der Waals surface area contributed by atoms with Crippen molar-refractivity contribution in [3.05, 3.63) is 58.6 Å². The minimum Gasteiger partial charge on any atom is -0.345 e. The molecule has 4 nitrogen and oxygen atoms in total. The molecular formula is C17H17N3OS. The van der Waals surface area contributed by atoms with Gasteiger partial charge in [0.2, 0.25) is 0 Å². The highest BCUT2D eigenvalue weighted by atomic mass is 32.1. The molecule has 1 atom stereocenters. The summed E-state index contributed by atoms with van der Waals surface area (Å²) in [4.78, 5) is 13.0. The van der Waals surface area contributed by atoms with Crippen molar-refractivity contribution < 1.29 is 4.79 Å². The van der Waals surface area contributed by atoms with Crippen molar-refractivity contribution in [2.75, 3.05) is 0 Å². The molecule has 0 bridgehead atoms. The Morgan fingerprint density at radius 1 is 1.23 bits per heavy atom. The maximum absolute atomic E-state index is 12.4. The first-order valence-corrected chi connectivity index (χ1v) is 8.07. The summed E-state index contributed by atoms with van der Waals surface area (Å²) in [6.07, 6.45) is 0.712. The summed E-state index contributed by atoms with van der Waals surface area (Å²) in [6, 6.07) is 14.4. The molecule has 1 unspecified atom stereocenters. The topological polar surface area (TPSA) is 54.9 Å². The van der Waals surface area contributed by atoms with Crippen LogP contribution in [-0.4, -0.2) is 15.5 Å². The maximum Gasteiger partial charge on any atom is 0.265 e. The van der Waals surface area contributed by atoms with Gasteiger partial charge in [-0.05, 0) is 47.3 Å². The number of fused-ring (bicyclic) bond motifs is 1. The fourth-order valence-electron chi connectivity index (χ4n) is 2.44. The van der Waals surface area contributed by atoms with Gasteiger partial charge in [-0.25, -0.2) is 0 Å². The number of amides is 1. The van der Waals surface area contributed by atoms with Gasteiger partial charge >= 0.3 is 0 Å². The number of benzene rings is 2. The van der Waals surface area contributed by atoms with Gasteiger partial charge in [-0.3, -0.25) is 4.79 Å². The zero-order valence-corrected chi connectivity index (χ0v) is 13.4. The van der Waals surface area contributed by atoms with Gasteiger partial charge in [0.15, 0.2) is 0 Å². The van der Waals surface area contributed by atoms with Gasteiger partial charge in [0, 0.05) is 0 Å². The van der Waals surface area contributed by atoms with E-state index < -0.39 is 0 Å². The summed E-state index contributed by atoms with van der Waals surface area (Å²) < 4.78 is 3.87. The molecule has 0 aliphatic heterocycles. The number of carbonyl (C=O) groups excluding carboxylic acids is 1. The molecule has 1 amide bonds. The minimum absolute atomic E-state index is 0.0658. The quantitative estimate of drug-likeness (QED) is 0.798. The lowest BCUT2D eigenvalue weighted by Crippen LogP contribution is -2.26. The molecule has 1 N–H and O–H groups in total. The van der Waals surface area contributed by atoms with E-state index in [1.165, 1.54) is 10.8 Å². The van der Waals surface area contributed by atoms with Gasteiger partial charge < -0.3 is 5.32 Å². The normalized spacial score (nSPS) is 12.3. The van der Waals surface area contributed by atoms with E-state index in [4.69, 9.17) is 0 Å². The summed E-state index contributed by atoms with van der Waals surface area (Å²) in [5.41, 5.74) is 1.84. The molecule has 0 saturated carbocycles. The Morgan fingerprint density at radius 3 is 2.77 bits per heavy atom. The number of aromatic nitrogens is 2. The fraction of sp³-hybridized carbons (Fsp3) is 0.235. The molecule has 1 aromatic heterocycles. The molecule has 0 saturated heterocycles. The second kappa shape index (κ2) is 6.23. The molecule has 5 heteroatoms. The van der Waals surface area contributed by atoms with E-state index in [9.17, 15) is 4.79 Å². The second-order valence-electron chi connectivity index (χ2n) is 5.20. The van der Waals surface area contributed by atoms with Crippen LogP contribution in [0, 0.1) is 0 Å². The first kappa shape index (κ1) is 14.7. The van der Waals surface area contributed by atoms with Crippen LogP contribution in [0.5, 0.6) is 0 Å². The molecule has 22 heavy (non-hydrogen) atoms. The van der Waals surface area contributed by atoms with Crippen molar-refractivity contribution in [2.24, 2.45) is 0 Å². The first-order valence-electron chi connectivity index (χ1n) is 7.30. The zero-order chi connectivity index (χ0) is 15.5. The largest absolute Gasteiger partial charge is 0.345 e. The van der Waals surface area contributed by atoms with Crippen LogP contribution in [0.3, 0.4) is 0 Å². The molecular weight excluding hydrogens is 294 g/mol. The highest BCUT2D eigenvalue weighted by Crippen LogP contribution is 2.21. The van der Waals surface area contributed by atoms with Crippen LogP contribution < -0.4 is 5.32 Å². The number of nitrogens with one attached hydrogen (secondary N) is 1. The Labute approximate surface area is 133 Å². The zero-order valence-electron chi connectivity index (χ0n) is 12.5. The van der Waals surface area contributed by atoms with Crippen LogP contribution in [0.25, 0.3) is 10.8 Å². The molecule has 3 rings (SSSR count). The van der Waals surface area contributed by atoms with Gasteiger partial charge in [0.1, 0.15) is 4.88 Å². The van der Waals surface area contributed by atoms with Gasteiger partial charge in [0.05, 0.1) is 11.7 Å². The lowest BCUT2D eigenvalue weighted by Gasteiger charge is -2.14. The first-order chi connectivity index (χ1) is 10.7. The number of hydrogen-bond donors (Lipinski definition) is 1. The van der Waals surface area contributed by atoms with Crippen molar-refractivity contribution in [2.45, 2.75) is 26.3 Å². The third-order valence-corrected chi connectivity index (χ3v) is 4.48. The third kappa shape index (κ3) is 2.85. The minimum atomic E-state index is -0.104.